The molecular weight excluding hydrogens is 140 g/mol. The number of hydrogen-bond donors (Lipinski definition) is 1. The maximum atomic E-state index is 2.98. The molecule has 0 aromatic rings. The first kappa shape index (κ1) is 8.52. The minimum atomic E-state index is 0. The molecule has 1 rings (SSSR count). The molecule has 0 saturated carbocycles. The zero-order valence-electron chi connectivity index (χ0n) is 5.80. The number of halogens is 1. The van der Waals surface area contributed by atoms with Crippen LogP contribution in [0.15, 0.2) is 0 Å². The molecule has 1 heterocycles. The van der Waals surface area contributed by atoms with Crippen LogP contribution in [0.1, 0.15) is 0 Å². The predicted molar refractivity (Wildman–Crippen MR) is 30.9 cm³/mol. The first-order chi connectivity index (χ1) is 3.72. The number of nitrogens with zero attached hydrogens (tertiary/aromatic N) is 3. The van der Waals surface area contributed by atoms with Gasteiger partial charge in [-0.15, -0.1) is 5.12 Å². The lowest BCUT2D eigenvalue weighted by Gasteiger charge is -2.13. The Labute approximate surface area is 61.1 Å². The molecule has 0 spiro atoms. The molecule has 0 fully saturated rings. The highest BCUT2D eigenvalue weighted by Crippen LogP contribution is 1.87. The Hall–Kier alpha value is -0.480. The van der Waals surface area contributed by atoms with E-state index in [1.807, 2.05) is 42.4 Å². The summed E-state index contributed by atoms with van der Waals surface area (Å²) in [7, 11) is 5.88. The topological polar surface area (TPSA) is 21.5 Å². The van der Waals surface area contributed by atoms with Crippen molar-refractivity contribution >= 4 is 6.34 Å². The van der Waals surface area contributed by atoms with Crippen LogP contribution >= 0.6 is 0 Å². The van der Waals surface area contributed by atoms with Gasteiger partial charge in [0.05, 0.1) is 14.1 Å². The molecule has 0 unspecified atom stereocenters. The fourth-order valence-corrected chi connectivity index (χ4v) is 0.546. The maximum Gasteiger partial charge on any atom is 0.276 e. The second kappa shape index (κ2) is 2.89. The molecule has 4 nitrogen and oxygen atoms in total. The molecule has 0 bridgehead atoms. The first-order valence-electron chi connectivity index (χ1n) is 2.51. The van der Waals surface area contributed by atoms with Gasteiger partial charge in [-0.1, -0.05) is 0 Å². The third-order valence-electron chi connectivity index (χ3n) is 1.32. The summed E-state index contributed by atoms with van der Waals surface area (Å²) in [5.41, 5.74) is 2.98. The lowest BCUT2D eigenvalue weighted by molar-refractivity contribution is -0.685. The van der Waals surface area contributed by atoms with Gasteiger partial charge in [-0.2, -0.15) is 10.1 Å². The van der Waals surface area contributed by atoms with Crippen molar-refractivity contribution < 1.29 is 17.1 Å². The zero-order chi connectivity index (χ0) is 6.15. The van der Waals surface area contributed by atoms with Crippen molar-refractivity contribution in [2.75, 3.05) is 21.1 Å². The van der Waals surface area contributed by atoms with Crippen LogP contribution in [-0.2, 0) is 0 Å². The Bertz CT molecular complexity index is 124. The van der Waals surface area contributed by atoms with E-state index >= 15 is 0 Å². The van der Waals surface area contributed by atoms with E-state index in [9.17, 15) is 0 Å². The van der Waals surface area contributed by atoms with Gasteiger partial charge in [0.15, 0.2) is 0 Å². The monoisotopic (exact) mass is 150 g/mol. The van der Waals surface area contributed by atoms with Crippen LogP contribution in [-0.4, -0.2) is 42.4 Å². The van der Waals surface area contributed by atoms with Crippen LogP contribution in [0.5, 0.6) is 0 Å². The molecule has 0 aromatic heterocycles. The maximum absolute atomic E-state index is 2.98. The van der Waals surface area contributed by atoms with E-state index in [4.69, 9.17) is 0 Å². The fraction of sp³-hybridized carbons (Fsp3) is 0.750. The van der Waals surface area contributed by atoms with Crippen LogP contribution in [0.2, 0.25) is 0 Å². The molecule has 0 atom stereocenters. The van der Waals surface area contributed by atoms with Crippen molar-refractivity contribution in [3.8, 4) is 0 Å². The van der Waals surface area contributed by atoms with Gasteiger partial charge in [-0.25, -0.2) is 0 Å². The van der Waals surface area contributed by atoms with E-state index in [-0.39, 0.29) is 12.4 Å². The quantitative estimate of drug-likeness (QED) is 0.355. The Morgan fingerprint density at radius 1 is 1.44 bits per heavy atom. The van der Waals surface area contributed by atoms with E-state index < -0.39 is 0 Å². The molecule has 0 radical (unpaired) electrons. The number of hydrazone groups is 1. The summed E-state index contributed by atoms with van der Waals surface area (Å²) in [6.45, 7) is 0. The Morgan fingerprint density at radius 2 is 2.00 bits per heavy atom. The summed E-state index contributed by atoms with van der Waals surface area (Å²) >= 11 is 0. The molecule has 1 aliphatic rings. The van der Waals surface area contributed by atoms with Crippen LogP contribution in [0, 0.1) is 0 Å². The van der Waals surface area contributed by atoms with Gasteiger partial charge in [-0.05, 0) is 5.12 Å². The van der Waals surface area contributed by atoms with Crippen molar-refractivity contribution in [1.29, 1.82) is 0 Å². The number of rotatable bonds is 0. The highest BCUT2D eigenvalue weighted by molar-refractivity contribution is 5.47. The van der Waals surface area contributed by atoms with Gasteiger partial charge in [0.1, 0.15) is 7.05 Å². The highest BCUT2D eigenvalue weighted by atomic mass is 35.5. The number of hydrazine groups is 3. The molecular formula is C4H11ClN4. The molecule has 0 saturated heterocycles. The lowest BCUT2D eigenvalue weighted by Crippen LogP contribution is -3.00. The van der Waals surface area contributed by atoms with E-state index in [1.54, 1.807) is 0 Å². The second-order valence-corrected chi connectivity index (χ2v) is 1.84. The van der Waals surface area contributed by atoms with Crippen molar-refractivity contribution in [3.63, 3.8) is 0 Å². The fourth-order valence-electron chi connectivity index (χ4n) is 0.546. The molecule has 5 heteroatoms. The number of hydrogen-bond acceptors (Lipinski definition) is 3. The van der Waals surface area contributed by atoms with Crippen molar-refractivity contribution in [2.45, 2.75) is 0 Å². The molecule has 0 aliphatic carbocycles. The molecule has 0 aromatic carbocycles. The Kier molecular flexibility index (Phi) is 2.73. The summed E-state index contributed by atoms with van der Waals surface area (Å²) in [5.74, 6) is 0. The first-order valence-corrected chi connectivity index (χ1v) is 2.51. The summed E-state index contributed by atoms with van der Waals surface area (Å²) in [4.78, 5) is 0. The summed E-state index contributed by atoms with van der Waals surface area (Å²) in [6.07, 6.45) is 1.88. The summed E-state index contributed by atoms with van der Waals surface area (Å²) in [6, 6.07) is 0. The van der Waals surface area contributed by atoms with E-state index in [0.29, 0.717) is 0 Å². The van der Waals surface area contributed by atoms with E-state index in [0.717, 1.165) is 0 Å². The van der Waals surface area contributed by atoms with Gasteiger partial charge >= 0.3 is 0 Å². The average Bonchev–Trinajstić information content (AvgIpc) is 1.98. The van der Waals surface area contributed by atoms with Crippen LogP contribution in [0.3, 0.4) is 0 Å². The second-order valence-electron chi connectivity index (χ2n) is 1.84. The number of nitrogens with one attached hydrogen (secondary N) is 1. The molecule has 9 heavy (non-hydrogen) atoms. The van der Waals surface area contributed by atoms with Crippen molar-refractivity contribution in [2.24, 2.45) is 0 Å². The summed E-state index contributed by atoms with van der Waals surface area (Å²) in [5, 5.41) is 3.82. The Balaban J connectivity index is 0.000000640. The summed E-state index contributed by atoms with van der Waals surface area (Å²) < 4.78 is 1.94. The predicted octanol–water partition coefficient (Wildman–Crippen LogP) is -4.13. The third-order valence-corrected chi connectivity index (χ3v) is 1.32. The lowest BCUT2D eigenvalue weighted by atomic mass is 11.2. The van der Waals surface area contributed by atoms with Gasteiger partial charge in [0.25, 0.3) is 6.34 Å². The van der Waals surface area contributed by atoms with Gasteiger partial charge in [-0.3, -0.25) is 0 Å². The minimum absolute atomic E-state index is 0. The third kappa shape index (κ3) is 1.46. The van der Waals surface area contributed by atoms with Crippen LogP contribution in [0.25, 0.3) is 0 Å². The largest absolute Gasteiger partial charge is 1.00 e. The normalized spacial score (nSPS) is 18.6. The van der Waals surface area contributed by atoms with Crippen molar-refractivity contribution in [3.05, 3.63) is 0 Å². The Morgan fingerprint density at radius 3 is 2.11 bits per heavy atom. The molecule has 1 aliphatic heterocycles. The average molecular weight is 151 g/mol. The van der Waals surface area contributed by atoms with Crippen LogP contribution < -0.4 is 17.8 Å². The molecule has 1 N–H and O–H groups in total. The van der Waals surface area contributed by atoms with Gasteiger partial charge in [0, 0.05) is 0 Å². The molecule has 0 amide bonds. The smallest absolute Gasteiger partial charge is 0.276 e. The van der Waals surface area contributed by atoms with Gasteiger partial charge < -0.3 is 12.4 Å². The zero-order valence-corrected chi connectivity index (χ0v) is 6.55. The van der Waals surface area contributed by atoms with Gasteiger partial charge in [0.2, 0.25) is 0 Å². The standard InChI is InChI=1S/C4H10N4.ClH/c1-6-4-5-7(2)8(6)3;/h4H,1-3H3;1H. The van der Waals surface area contributed by atoms with E-state index in [2.05, 4.69) is 5.43 Å². The molecule has 54 valence electrons. The van der Waals surface area contributed by atoms with Crippen molar-refractivity contribution in [1.82, 2.24) is 15.7 Å². The highest BCUT2D eigenvalue weighted by Gasteiger charge is 2.16. The SMILES string of the molecule is CN1NC=[N+](C)N1C.[Cl-]. The van der Waals surface area contributed by atoms with Crippen LogP contribution in [0.4, 0.5) is 0 Å². The minimum Gasteiger partial charge on any atom is -1.00 e. The van der Waals surface area contributed by atoms with E-state index in [1.165, 1.54) is 0 Å².